The van der Waals surface area contributed by atoms with Gasteiger partial charge in [0.1, 0.15) is 6.04 Å². The second-order valence-corrected chi connectivity index (χ2v) is 7.75. The van der Waals surface area contributed by atoms with Crippen molar-refractivity contribution in [3.05, 3.63) is 65.5 Å². The van der Waals surface area contributed by atoms with Crippen LogP contribution in [-0.2, 0) is 17.8 Å². The Kier molecular flexibility index (Phi) is 6.58. The maximum atomic E-state index is 12.0. The molecule has 0 bridgehead atoms. The van der Waals surface area contributed by atoms with E-state index in [1.165, 1.54) is 11.1 Å². The fourth-order valence-corrected chi connectivity index (χ4v) is 3.75. The van der Waals surface area contributed by atoms with E-state index in [0.29, 0.717) is 5.92 Å². The van der Waals surface area contributed by atoms with Crippen LogP contribution in [0.4, 0.5) is 0 Å². The van der Waals surface area contributed by atoms with Gasteiger partial charge >= 0.3 is 5.97 Å². The number of carboxylic acids is 1. The van der Waals surface area contributed by atoms with E-state index >= 15 is 0 Å². The second kappa shape index (κ2) is 9.11. The fraction of sp³-hybridized carbons (Fsp3) is 0.455. The van der Waals surface area contributed by atoms with Crippen LogP contribution in [0.3, 0.4) is 0 Å². The average Bonchev–Trinajstić information content (AvgIpc) is 2.65. The fourth-order valence-electron chi connectivity index (χ4n) is 3.75. The van der Waals surface area contributed by atoms with Crippen molar-refractivity contribution in [1.29, 1.82) is 0 Å². The van der Waals surface area contributed by atoms with Gasteiger partial charge in [-0.25, -0.2) is 0 Å². The quantitative estimate of drug-likeness (QED) is 0.814. The lowest BCUT2D eigenvalue weighted by molar-refractivity contribution is -0.144. The van der Waals surface area contributed by atoms with E-state index in [4.69, 9.17) is 0 Å². The number of nitrogens with zero attached hydrogens (tertiary/aromatic N) is 3. The average molecular weight is 367 g/mol. The summed E-state index contributed by atoms with van der Waals surface area (Å²) in [5.41, 5.74) is 3.33. The van der Waals surface area contributed by atoms with Crippen molar-refractivity contribution in [1.82, 2.24) is 14.8 Å². The molecule has 144 valence electrons. The predicted molar refractivity (Wildman–Crippen MR) is 106 cm³/mol. The molecule has 1 atom stereocenters. The van der Waals surface area contributed by atoms with Gasteiger partial charge in [-0.05, 0) is 35.1 Å². The molecular weight excluding hydrogens is 338 g/mol. The molecule has 0 aliphatic carbocycles. The zero-order chi connectivity index (χ0) is 19.2. The molecule has 1 aliphatic rings. The summed E-state index contributed by atoms with van der Waals surface area (Å²) in [4.78, 5) is 20.6. The molecule has 1 aromatic carbocycles. The van der Waals surface area contributed by atoms with Crippen molar-refractivity contribution in [2.45, 2.75) is 32.9 Å². The van der Waals surface area contributed by atoms with E-state index in [-0.39, 0.29) is 0 Å². The Morgan fingerprint density at radius 2 is 1.78 bits per heavy atom. The zero-order valence-electron chi connectivity index (χ0n) is 16.2. The molecule has 0 amide bonds. The first-order valence-electron chi connectivity index (χ1n) is 9.70. The highest BCUT2D eigenvalue weighted by atomic mass is 16.4. The number of hydrogen-bond acceptors (Lipinski definition) is 4. The molecule has 0 spiro atoms. The highest BCUT2D eigenvalue weighted by Crippen LogP contribution is 2.24. The number of pyridine rings is 1. The van der Waals surface area contributed by atoms with Crippen LogP contribution in [0, 0.1) is 5.92 Å². The van der Waals surface area contributed by atoms with Crippen LogP contribution >= 0.6 is 0 Å². The highest BCUT2D eigenvalue weighted by Gasteiger charge is 2.30. The molecule has 2 aromatic rings. The van der Waals surface area contributed by atoms with Gasteiger partial charge in [0.2, 0.25) is 0 Å². The molecule has 3 rings (SSSR count). The summed E-state index contributed by atoms with van der Waals surface area (Å²) in [5.74, 6) is -0.175. The molecule has 1 fully saturated rings. The van der Waals surface area contributed by atoms with Crippen LogP contribution in [0.2, 0.25) is 0 Å². The van der Waals surface area contributed by atoms with E-state index in [1.54, 1.807) is 6.20 Å². The largest absolute Gasteiger partial charge is 0.480 e. The number of benzene rings is 1. The summed E-state index contributed by atoms with van der Waals surface area (Å²) < 4.78 is 0. The molecule has 5 nitrogen and oxygen atoms in total. The third-order valence-electron chi connectivity index (χ3n) is 5.07. The Balaban J connectivity index is 1.62. The minimum Gasteiger partial charge on any atom is -0.480 e. The van der Waals surface area contributed by atoms with Crippen molar-refractivity contribution in [3.8, 4) is 0 Å². The lowest BCUT2D eigenvalue weighted by Gasteiger charge is -2.37. The number of carboxylic acid groups (broad SMARTS) is 1. The molecule has 0 saturated carbocycles. The van der Waals surface area contributed by atoms with Crippen LogP contribution in [0.15, 0.2) is 48.8 Å². The van der Waals surface area contributed by atoms with E-state index in [9.17, 15) is 9.90 Å². The standard InChI is InChI=1S/C22H29N3O2/c1-17(2)14-18-5-7-20(8-6-18)21(22(26)27)25-12-10-24(11-13-25)16-19-4-3-9-23-15-19/h3-9,15,17,21H,10-14,16H2,1-2H3,(H,26,27)/t21-/m1/s1. The number of aliphatic carboxylic acids is 1. The normalized spacial score (nSPS) is 17.1. The summed E-state index contributed by atoms with van der Waals surface area (Å²) in [7, 11) is 0. The van der Waals surface area contributed by atoms with Crippen LogP contribution in [0.1, 0.15) is 36.6 Å². The summed E-state index contributed by atoms with van der Waals surface area (Å²) in [5, 5.41) is 9.83. The Morgan fingerprint density at radius 3 is 2.33 bits per heavy atom. The van der Waals surface area contributed by atoms with Crippen LogP contribution in [0.25, 0.3) is 0 Å². The molecule has 2 heterocycles. The first-order valence-corrected chi connectivity index (χ1v) is 9.70. The van der Waals surface area contributed by atoms with E-state index in [2.05, 4.69) is 46.8 Å². The minimum absolute atomic E-state index is 0.571. The van der Waals surface area contributed by atoms with Gasteiger partial charge in [0.05, 0.1) is 0 Å². The maximum absolute atomic E-state index is 12.0. The minimum atomic E-state index is -0.771. The van der Waals surface area contributed by atoms with Crippen molar-refractivity contribution in [2.24, 2.45) is 5.92 Å². The molecule has 1 N–H and O–H groups in total. The van der Waals surface area contributed by atoms with Crippen LogP contribution < -0.4 is 0 Å². The zero-order valence-corrected chi connectivity index (χ0v) is 16.2. The SMILES string of the molecule is CC(C)Cc1ccc([C@H](C(=O)O)N2CCN(Cc3cccnc3)CC2)cc1. The van der Waals surface area contributed by atoms with Crippen LogP contribution in [0.5, 0.6) is 0 Å². The molecule has 0 radical (unpaired) electrons. The number of carbonyl (C=O) groups is 1. The third-order valence-corrected chi connectivity index (χ3v) is 5.07. The molecule has 1 aliphatic heterocycles. The van der Waals surface area contributed by atoms with Crippen molar-refractivity contribution >= 4 is 5.97 Å². The highest BCUT2D eigenvalue weighted by molar-refractivity contribution is 5.75. The van der Waals surface area contributed by atoms with Crippen molar-refractivity contribution in [2.75, 3.05) is 26.2 Å². The summed E-state index contributed by atoms with van der Waals surface area (Å²) >= 11 is 0. The summed E-state index contributed by atoms with van der Waals surface area (Å²) in [6, 6.07) is 11.6. The topological polar surface area (TPSA) is 56.7 Å². The van der Waals surface area contributed by atoms with Crippen LogP contribution in [-0.4, -0.2) is 52.0 Å². The number of hydrogen-bond donors (Lipinski definition) is 1. The molecule has 1 saturated heterocycles. The summed E-state index contributed by atoms with van der Waals surface area (Å²) in [6.45, 7) is 8.49. The second-order valence-electron chi connectivity index (χ2n) is 7.75. The Labute approximate surface area is 161 Å². The molecule has 5 heteroatoms. The number of aromatic nitrogens is 1. The third kappa shape index (κ3) is 5.37. The van der Waals surface area contributed by atoms with Gasteiger partial charge in [0.25, 0.3) is 0 Å². The lowest BCUT2D eigenvalue weighted by Crippen LogP contribution is -2.48. The Hall–Kier alpha value is -2.24. The van der Waals surface area contributed by atoms with Gasteiger partial charge < -0.3 is 5.11 Å². The summed E-state index contributed by atoms with van der Waals surface area (Å²) in [6.07, 6.45) is 4.70. The lowest BCUT2D eigenvalue weighted by atomic mass is 9.98. The molecule has 1 aromatic heterocycles. The number of piperazine rings is 1. The number of rotatable bonds is 7. The molecular formula is C22H29N3O2. The van der Waals surface area contributed by atoms with E-state index < -0.39 is 12.0 Å². The Bertz CT molecular complexity index is 723. The first kappa shape index (κ1) is 19.5. The van der Waals surface area contributed by atoms with Gasteiger partial charge in [0.15, 0.2) is 0 Å². The van der Waals surface area contributed by atoms with Gasteiger partial charge in [0, 0.05) is 45.1 Å². The monoisotopic (exact) mass is 367 g/mol. The predicted octanol–water partition coefficient (Wildman–Crippen LogP) is 3.22. The van der Waals surface area contributed by atoms with Crippen molar-refractivity contribution < 1.29 is 9.90 Å². The molecule has 0 unspecified atom stereocenters. The van der Waals surface area contributed by atoms with Crippen molar-refractivity contribution in [3.63, 3.8) is 0 Å². The first-order chi connectivity index (χ1) is 13.0. The van der Waals surface area contributed by atoms with E-state index in [1.807, 2.05) is 24.4 Å². The van der Waals surface area contributed by atoms with E-state index in [0.717, 1.165) is 44.7 Å². The maximum Gasteiger partial charge on any atom is 0.325 e. The molecule has 27 heavy (non-hydrogen) atoms. The smallest absolute Gasteiger partial charge is 0.325 e. The van der Waals surface area contributed by atoms with Gasteiger partial charge in [-0.15, -0.1) is 0 Å². The van der Waals surface area contributed by atoms with Gasteiger partial charge in [-0.2, -0.15) is 0 Å². The van der Waals surface area contributed by atoms with Gasteiger partial charge in [-0.3, -0.25) is 19.6 Å². The van der Waals surface area contributed by atoms with Gasteiger partial charge in [-0.1, -0.05) is 44.2 Å². The Morgan fingerprint density at radius 1 is 1.07 bits per heavy atom.